The molecule has 4 aromatic carbocycles. The molecule has 0 bridgehead atoms. The number of esters is 2. The molecule has 10 nitrogen and oxygen atoms in total. The van der Waals surface area contributed by atoms with Crippen LogP contribution >= 0.6 is 0 Å². The van der Waals surface area contributed by atoms with Gasteiger partial charge in [-0.2, -0.15) is 0 Å². The average molecular weight is 923 g/mol. The maximum atomic E-state index is 13.7. The van der Waals surface area contributed by atoms with Gasteiger partial charge >= 0.3 is 11.9 Å². The summed E-state index contributed by atoms with van der Waals surface area (Å²) in [4.78, 5) is 26.8. The Morgan fingerprint density at radius 1 is 0.800 bits per heavy atom. The molecule has 0 aromatic heterocycles. The van der Waals surface area contributed by atoms with E-state index < -0.39 is 52.4 Å². The second-order valence-corrected chi connectivity index (χ2v) is 29.1. The number of hydrogen-bond donors (Lipinski definition) is 0. The first-order valence-electron chi connectivity index (χ1n) is 22.5. The van der Waals surface area contributed by atoms with Gasteiger partial charge in [0.25, 0.3) is 8.32 Å². The third-order valence-electron chi connectivity index (χ3n) is 11.5. The van der Waals surface area contributed by atoms with Gasteiger partial charge in [-0.25, -0.2) is 9.59 Å². The number of methoxy groups -OCH3 is 3. The number of carbonyl (C=O) groups is 2. The van der Waals surface area contributed by atoms with Crippen molar-refractivity contribution in [1.82, 2.24) is 0 Å². The highest BCUT2D eigenvalue weighted by Gasteiger charge is 2.51. The van der Waals surface area contributed by atoms with Crippen LogP contribution in [0.4, 0.5) is 0 Å². The average Bonchev–Trinajstić information content (AvgIpc) is 3.59. The van der Waals surface area contributed by atoms with Crippen molar-refractivity contribution in [2.75, 3.05) is 27.9 Å². The molecule has 1 unspecified atom stereocenters. The van der Waals surface area contributed by atoms with Gasteiger partial charge in [-0.1, -0.05) is 138 Å². The summed E-state index contributed by atoms with van der Waals surface area (Å²) in [6.45, 7) is 20.0. The van der Waals surface area contributed by atoms with E-state index >= 15 is 0 Å². The number of rotatable bonds is 21. The fourth-order valence-corrected chi connectivity index (χ4v) is 13.6. The van der Waals surface area contributed by atoms with Crippen LogP contribution < -0.4 is 19.8 Å². The first kappa shape index (κ1) is 51.2. The molecule has 65 heavy (non-hydrogen) atoms. The molecule has 0 amide bonds. The van der Waals surface area contributed by atoms with Crippen molar-refractivity contribution in [2.45, 2.75) is 122 Å². The fraction of sp³-hybridized carbons (Fsp3) is 0.434. The minimum absolute atomic E-state index is 0.0641. The summed E-state index contributed by atoms with van der Waals surface area (Å²) in [6.07, 6.45) is 7.32. The lowest BCUT2D eigenvalue weighted by Crippen LogP contribution is -2.67. The van der Waals surface area contributed by atoms with Crippen LogP contribution in [0.3, 0.4) is 0 Å². The molecule has 1 saturated heterocycles. The molecule has 0 saturated carbocycles. The van der Waals surface area contributed by atoms with Gasteiger partial charge in [-0.05, 0) is 90.5 Å². The zero-order valence-electron chi connectivity index (χ0n) is 40.5. The smallest absolute Gasteiger partial charge is 0.339 e. The summed E-state index contributed by atoms with van der Waals surface area (Å²) in [7, 11) is 0.146. The molecule has 350 valence electrons. The van der Waals surface area contributed by atoms with E-state index in [1.165, 1.54) is 30.7 Å². The van der Waals surface area contributed by atoms with E-state index in [-0.39, 0.29) is 28.9 Å². The lowest BCUT2D eigenvalue weighted by Gasteiger charge is -2.44. The van der Waals surface area contributed by atoms with Crippen LogP contribution in [0.25, 0.3) is 6.08 Å². The monoisotopic (exact) mass is 922 g/mol. The van der Waals surface area contributed by atoms with Crippen molar-refractivity contribution in [3.8, 4) is 11.5 Å². The Morgan fingerprint density at radius 2 is 1.42 bits per heavy atom. The molecule has 1 fully saturated rings. The van der Waals surface area contributed by atoms with E-state index in [0.29, 0.717) is 30.8 Å². The van der Waals surface area contributed by atoms with Gasteiger partial charge < -0.3 is 37.6 Å². The number of benzene rings is 4. The van der Waals surface area contributed by atoms with Crippen molar-refractivity contribution in [2.24, 2.45) is 0 Å². The lowest BCUT2D eigenvalue weighted by molar-refractivity contribution is -0.156. The van der Waals surface area contributed by atoms with Gasteiger partial charge in [0, 0.05) is 14.2 Å². The standard InChI is InChI=1S/C53H70O10Si2/c1-38(63-65(52(2,3)4,43-23-15-13-16-24-43)44-25-17-14-18-26-44)21-19-27-46(60-37-39-29-31-41(56-7)32-30-39)49-47(61-53(5,6)62-49)28-20-22-40-35-42(57-8)36-45(50(54)58-9)48(40)51(55)59-33-34-64(10,11)12/h13-20,22-27,29-32,35-36,38,46-47,49H,21,28,33-34,37H2,1-12H3/b22-20+,27-19-/t38-,46?,47+,49-/m1/s1. The van der Waals surface area contributed by atoms with Crippen molar-refractivity contribution in [3.63, 3.8) is 0 Å². The van der Waals surface area contributed by atoms with Gasteiger partial charge in [0.1, 0.15) is 23.7 Å². The zero-order chi connectivity index (χ0) is 47.4. The topological polar surface area (TPSA) is 108 Å². The Balaban J connectivity index is 1.45. The Bertz CT molecular complexity index is 2170. The third-order valence-corrected chi connectivity index (χ3v) is 18.3. The Morgan fingerprint density at radius 3 is 1.97 bits per heavy atom. The minimum atomic E-state index is -2.79. The second-order valence-electron chi connectivity index (χ2n) is 19.2. The van der Waals surface area contributed by atoms with Gasteiger partial charge in [0.2, 0.25) is 0 Å². The predicted octanol–water partition coefficient (Wildman–Crippen LogP) is 10.4. The maximum Gasteiger partial charge on any atom is 0.339 e. The van der Waals surface area contributed by atoms with Crippen molar-refractivity contribution >= 4 is 44.8 Å². The molecule has 1 aliphatic heterocycles. The molecule has 0 spiro atoms. The molecule has 0 radical (unpaired) electrons. The highest BCUT2D eigenvalue weighted by Crippen LogP contribution is 2.38. The Kier molecular flexibility index (Phi) is 17.8. The van der Waals surface area contributed by atoms with Gasteiger partial charge in [-0.15, -0.1) is 0 Å². The van der Waals surface area contributed by atoms with Gasteiger partial charge in [0.15, 0.2) is 5.79 Å². The molecule has 4 atom stereocenters. The van der Waals surface area contributed by atoms with Crippen molar-refractivity contribution in [3.05, 3.63) is 138 Å². The van der Waals surface area contributed by atoms with Crippen LogP contribution in [0.1, 0.15) is 86.2 Å². The molecule has 1 heterocycles. The molecular weight excluding hydrogens is 853 g/mol. The van der Waals surface area contributed by atoms with Crippen LogP contribution in [0, 0.1) is 0 Å². The number of ether oxygens (including phenoxy) is 7. The normalized spacial score (nSPS) is 17.5. The van der Waals surface area contributed by atoms with Crippen LogP contribution in [-0.2, 0) is 34.7 Å². The molecule has 4 aromatic rings. The molecule has 0 N–H and O–H groups in total. The maximum absolute atomic E-state index is 13.7. The van der Waals surface area contributed by atoms with Crippen molar-refractivity contribution in [1.29, 1.82) is 0 Å². The van der Waals surface area contributed by atoms with Crippen LogP contribution in [0.15, 0.2) is 115 Å². The first-order chi connectivity index (χ1) is 30.8. The van der Waals surface area contributed by atoms with E-state index in [1.807, 2.05) is 44.2 Å². The van der Waals surface area contributed by atoms with E-state index in [4.69, 9.17) is 37.6 Å². The summed E-state index contributed by atoms with van der Waals surface area (Å²) in [5, 5.41) is 2.29. The summed E-state index contributed by atoms with van der Waals surface area (Å²) in [5.74, 6) is -1.03. The second kappa shape index (κ2) is 22.6. The highest BCUT2D eigenvalue weighted by molar-refractivity contribution is 6.99. The van der Waals surface area contributed by atoms with Gasteiger partial charge in [0.05, 0.1) is 51.8 Å². The first-order valence-corrected chi connectivity index (χ1v) is 28.1. The number of hydrogen-bond acceptors (Lipinski definition) is 10. The summed E-state index contributed by atoms with van der Waals surface area (Å²) in [6, 6.07) is 33.1. The quantitative estimate of drug-likeness (QED) is 0.0455. The van der Waals surface area contributed by atoms with E-state index in [9.17, 15) is 9.59 Å². The third kappa shape index (κ3) is 13.6. The fourth-order valence-electron chi connectivity index (χ4n) is 8.18. The zero-order valence-corrected chi connectivity index (χ0v) is 42.5. The highest BCUT2D eigenvalue weighted by atomic mass is 28.4. The Labute approximate surface area is 389 Å². The van der Waals surface area contributed by atoms with Crippen molar-refractivity contribution < 1.29 is 47.2 Å². The molecular formula is C53H70O10Si2. The molecule has 5 rings (SSSR count). The van der Waals surface area contributed by atoms with E-state index in [1.54, 1.807) is 19.3 Å². The SMILES string of the molecule is COC(=O)c1cc(OC)cc(/C=C/C[C@@H]2OC(C)(C)O[C@@H]2C(/C=C\C[C@@H](C)O[Si](c2ccccc2)(c2ccccc2)C(C)(C)C)OCc2ccc(OC)cc2)c1C(=O)OCC[Si](C)(C)C. The summed E-state index contributed by atoms with van der Waals surface area (Å²) < 4.78 is 49.2. The summed E-state index contributed by atoms with van der Waals surface area (Å²) >= 11 is 0. The van der Waals surface area contributed by atoms with Crippen LogP contribution in [0.2, 0.25) is 30.7 Å². The lowest BCUT2D eigenvalue weighted by atomic mass is 9.98. The largest absolute Gasteiger partial charge is 0.497 e. The molecule has 12 heteroatoms. The van der Waals surface area contributed by atoms with E-state index in [2.05, 4.69) is 120 Å². The van der Waals surface area contributed by atoms with Gasteiger partial charge in [-0.3, -0.25) is 0 Å². The molecule has 1 aliphatic rings. The predicted molar refractivity (Wildman–Crippen MR) is 264 cm³/mol. The van der Waals surface area contributed by atoms with Crippen LogP contribution in [0.5, 0.6) is 11.5 Å². The molecule has 0 aliphatic carbocycles. The minimum Gasteiger partial charge on any atom is -0.497 e. The van der Waals surface area contributed by atoms with Crippen LogP contribution in [-0.4, -0.2) is 86.5 Å². The van der Waals surface area contributed by atoms with E-state index in [0.717, 1.165) is 17.4 Å². The Hall–Kier alpha value is -4.83. The number of carbonyl (C=O) groups excluding carboxylic acids is 2. The summed E-state index contributed by atoms with van der Waals surface area (Å²) in [5.41, 5.74) is 1.61.